The molecule has 2 aromatic carbocycles. The van der Waals surface area contributed by atoms with Crippen molar-refractivity contribution in [3.05, 3.63) is 63.4 Å². The molecule has 0 aliphatic carbocycles. The predicted octanol–water partition coefficient (Wildman–Crippen LogP) is 4.50. The minimum atomic E-state index is -0.277. The minimum absolute atomic E-state index is 0.0927. The molecule has 0 spiro atoms. The van der Waals surface area contributed by atoms with Crippen LogP contribution in [0.2, 0.25) is 0 Å². The van der Waals surface area contributed by atoms with Crippen molar-refractivity contribution in [3.8, 4) is 5.75 Å². The fourth-order valence-corrected chi connectivity index (χ4v) is 2.37. The summed E-state index contributed by atoms with van der Waals surface area (Å²) < 4.78 is 19.4. The van der Waals surface area contributed by atoms with Crippen LogP contribution in [0.3, 0.4) is 0 Å². The van der Waals surface area contributed by atoms with Gasteiger partial charge in [-0.1, -0.05) is 23.8 Å². The van der Waals surface area contributed by atoms with E-state index < -0.39 is 0 Å². The molecule has 0 aromatic heterocycles. The van der Waals surface area contributed by atoms with Crippen LogP contribution in [0, 0.1) is 12.7 Å². The lowest BCUT2D eigenvalue weighted by Gasteiger charge is -2.15. The van der Waals surface area contributed by atoms with E-state index in [9.17, 15) is 4.39 Å². The molecule has 0 saturated carbocycles. The molecule has 1 atom stereocenters. The SMILES string of the molecule is Cc1ccc(OCc2ccc(F)c(Br)c2)c(C(C)N)c1. The molecule has 4 heteroatoms. The van der Waals surface area contributed by atoms with Crippen molar-refractivity contribution < 1.29 is 9.13 Å². The fraction of sp³-hybridized carbons (Fsp3) is 0.250. The highest BCUT2D eigenvalue weighted by Crippen LogP contribution is 2.26. The minimum Gasteiger partial charge on any atom is -0.489 e. The van der Waals surface area contributed by atoms with Gasteiger partial charge >= 0.3 is 0 Å². The van der Waals surface area contributed by atoms with Crippen LogP contribution in [0.5, 0.6) is 5.75 Å². The van der Waals surface area contributed by atoms with E-state index in [2.05, 4.69) is 15.9 Å². The van der Waals surface area contributed by atoms with Gasteiger partial charge in [-0.2, -0.15) is 0 Å². The van der Waals surface area contributed by atoms with Gasteiger partial charge in [-0.3, -0.25) is 0 Å². The van der Waals surface area contributed by atoms with E-state index in [1.165, 1.54) is 6.07 Å². The van der Waals surface area contributed by atoms with E-state index in [-0.39, 0.29) is 11.9 Å². The number of hydrogen-bond donors (Lipinski definition) is 1. The molecule has 0 bridgehead atoms. The Morgan fingerprint density at radius 2 is 2.00 bits per heavy atom. The average Bonchev–Trinajstić information content (AvgIpc) is 2.41. The summed E-state index contributed by atoms with van der Waals surface area (Å²) in [7, 11) is 0. The largest absolute Gasteiger partial charge is 0.489 e. The summed E-state index contributed by atoms with van der Waals surface area (Å²) in [6, 6.07) is 10.7. The summed E-state index contributed by atoms with van der Waals surface area (Å²) in [6.45, 7) is 4.32. The summed E-state index contributed by atoms with van der Waals surface area (Å²) in [5, 5.41) is 0. The molecule has 0 fully saturated rings. The zero-order valence-corrected chi connectivity index (χ0v) is 13.1. The Labute approximate surface area is 126 Å². The molecule has 106 valence electrons. The van der Waals surface area contributed by atoms with Gasteiger partial charge in [-0.05, 0) is 53.5 Å². The number of aryl methyl sites for hydroxylation is 1. The molecule has 20 heavy (non-hydrogen) atoms. The van der Waals surface area contributed by atoms with Gasteiger partial charge in [0.05, 0.1) is 4.47 Å². The van der Waals surface area contributed by atoms with Crippen LogP contribution in [0.4, 0.5) is 4.39 Å². The van der Waals surface area contributed by atoms with Gasteiger partial charge in [-0.15, -0.1) is 0 Å². The fourth-order valence-electron chi connectivity index (χ4n) is 1.95. The van der Waals surface area contributed by atoms with E-state index >= 15 is 0 Å². The Hall–Kier alpha value is -1.39. The summed E-state index contributed by atoms with van der Waals surface area (Å²) in [6.07, 6.45) is 0. The number of hydrogen-bond acceptors (Lipinski definition) is 2. The van der Waals surface area contributed by atoms with Gasteiger partial charge < -0.3 is 10.5 Å². The number of ether oxygens (including phenoxy) is 1. The molecule has 2 rings (SSSR count). The van der Waals surface area contributed by atoms with Gasteiger partial charge in [-0.25, -0.2) is 4.39 Å². The van der Waals surface area contributed by atoms with Crippen molar-refractivity contribution >= 4 is 15.9 Å². The number of halogens is 2. The highest BCUT2D eigenvalue weighted by atomic mass is 79.9. The second-order valence-corrected chi connectivity index (χ2v) is 5.72. The smallest absolute Gasteiger partial charge is 0.137 e. The van der Waals surface area contributed by atoms with E-state index in [1.807, 2.05) is 32.0 Å². The first-order chi connectivity index (χ1) is 9.47. The molecule has 1 unspecified atom stereocenters. The van der Waals surface area contributed by atoms with E-state index in [0.29, 0.717) is 11.1 Å². The number of benzene rings is 2. The van der Waals surface area contributed by atoms with Crippen molar-refractivity contribution in [1.82, 2.24) is 0 Å². The predicted molar refractivity (Wildman–Crippen MR) is 82.2 cm³/mol. The Balaban J connectivity index is 2.16. The molecule has 0 saturated heterocycles. The monoisotopic (exact) mass is 337 g/mol. The zero-order chi connectivity index (χ0) is 14.7. The molecule has 0 heterocycles. The molecule has 2 nitrogen and oxygen atoms in total. The van der Waals surface area contributed by atoms with Crippen LogP contribution >= 0.6 is 15.9 Å². The highest BCUT2D eigenvalue weighted by molar-refractivity contribution is 9.10. The maximum atomic E-state index is 13.2. The first kappa shape index (κ1) is 15.0. The molecule has 2 N–H and O–H groups in total. The Morgan fingerprint density at radius 3 is 2.65 bits per heavy atom. The third kappa shape index (κ3) is 3.58. The maximum Gasteiger partial charge on any atom is 0.137 e. The summed E-state index contributed by atoms with van der Waals surface area (Å²) in [5.74, 6) is 0.492. The third-order valence-corrected chi connectivity index (χ3v) is 3.64. The lowest BCUT2D eigenvalue weighted by atomic mass is 10.1. The second-order valence-electron chi connectivity index (χ2n) is 4.87. The standard InChI is InChI=1S/C16H17BrFNO/c1-10-3-6-16(13(7-10)11(2)19)20-9-12-4-5-15(18)14(17)8-12/h3-8,11H,9,19H2,1-2H3. The van der Waals surface area contributed by atoms with Gasteiger partial charge in [0, 0.05) is 11.6 Å². The molecular weight excluding hydrogens is 321 g/mol. The molecule has 2 aromatic rings. The van der Waals surface area contributed by atoms with Crippen LogP contribution in [0.1, 0.15) is 29.7 Å². The highest BCUT2D eigenvalue weighted by Gasteiger charge is 2.09. The second kappa shape index (κ2) is 6.37. The van der Waals surface area contributed by atoms with Gasteiger partial charge in [0.15, 0.2) is 0 Å². The lowest BCUT2D eigenvalue weighted by Crippen LogP contribution is -2.08. The lowest BCUT2D eigenvalue weighted by molar-refractivity contribution is 0.301. The molecule has 0 radical (unpaired) electrons. The molecule has 0 aliphatic rings. The molecule has 0 aliphatic heterocycles. The Bertz CT molecular complexity index is 613. The van der Waals surface area contributed by atoms with Crippen LogP contribution in [-0.2, 0) is 6.61 Å². The van der Waals surface area contributed by atoms with Crippen molar-refractivity contribution in [3.63, 3.8) is 0 Å². The topological polar surface area (TPSA) is 35.2 Å². The normalized spacial score (nSPS) is 12.2. The number of rotatable bonds is 4. The van der Waals surface area contributed by atoms with Crippen molar-refractivity contribution in [1.29, 1.82) is 0 Å². The summed E-state index contributed by atoms with van der Waals surface area (Å²) in [5.41, 5.74) is 8.98. The van der Waals surface area contributed by atoms with Crippen LogP contribution in [0.15, 0.2) is 40.9 Å². The van der Waals surface area contributed by atoms with Gasteiger partial charge in [0.2, 0.25) is 0 Å². The molecule has 0 amide bonds. The van der Waals surface area contributed by atoms with Gasteiger partial charge in [0.1, 0.15) is 18.2 Å². The first-order valence-electron chi connectivity index (χ1n) is 6.40. The van der Waals surface area contributed by atoms with Crippen LogP contribution in [0.25, 0.3) is 0 Å². The van der Waals surface area contributed by atoms with Crippen molar-refractivity contribution in [2.24, 2.45) is 5.73 Å². The van der Waals surface area contributed by atoms with Gasteiger partial charge in [0.25, 0.3) is 0 Å². The Kier molecular flexibility index (Phi) is 4.78. The zero-order valence-electron chi connectivity index (χ0n) is 11.5. The third-order valence-electron chi connectivity index (χ3n) is 3.03. The van der Waals surface area contributed by atoms with Crippen LogP contribution < -0.4 is 10.5 Å². The molecular formula is C16H17BrFNO. The Morgan fingerprint density at radius 1 is 1.25 bits per heavy atom. The average molecular weight is 338 g/mol. The van der Waals surface area contributed by atoms with Crippen molar-refractivity contribution in [2.45, 2.75) is 26.5 Å². The maximum absolute atomic E-state index is 13.2. The summed E-state index contributed by atoms with van der Waals surface area (Å²) >= 11 is 3.17. The van der Waals surface area contributed by atoms with Crippen molar-refractivity contribution in [2.75, 3.05) is 0 Å². The van der Waals surface area contributed by atoms with E-state index in [1.54, 1.807) is 12.1 Å². The van der Waals surface area contributed by atoms with E-state index in [4.69, 9.17) is 10.5 Å². The first-order valence-corrected chi connectivity index (χ1v) is 7.19. The summed E-state index contributed by atoms with van der Waals surface area (Å²) in [4.78, 5) is 0. The van der Waals surface area contributed by atoms with E-state index in [0.717, 1.165) is 22.4 Å². The van der Waals surface area contributed by atoms with Crippen LogP contribution in [-0.4, -0.2) is 0 Å². The number of nitrogens with two attached hydrogens (primary N) is 1. The quantitative estimate of drug-likeness (QED) is 0.891.